The van der Waals surface area contributed by atoms with Crippen molar-refractivity contribution >= 4 is 46.0 Å². The van der Waals surface area contributed by atoms with Gasteiger partial charge in [0.15, 0.2) is 5.17 Å². The summed E-state index contributed by atoms with van der Waals surface area (Å²) in [5.74, 6) is -0.149. The molecule has 1 saturated heterocycles. The van der Waals surface area contributed by atoms with Crippen molar-refractivity contribution in [1.29, 1.82) is 0 Å². The number of nitro groups is 1. The number of amidine groups is 1. The molecule has 3 rings (SSSR count). The highest BCUT2D eigenvalue weighted by Gasteiger charge is 2.32. The lowest BCUT2D eigenvalue weighted by Crippen LogP contribution is -2.28. The summed E-state index contributed by atoms with van der Waals surface area (Å²) in [5, 5.41) is 12.1. The Morgan fingerprint density at radius 1 is 1.17 bits per heavy atom. The van der Waals surface area contributed by atoms with Crippen LogP contribution in [0.3, 0.4) is 0 Å². The van der Waals surface area contributed by atoms with E-state index < -0.39 is 4.92 Å². The van der Waals surface area contributed by atoms with E-state index in [0.29, 0.717) is 27.9 Å². The van der Waals surface area contributed by atoms with Crippen molar-refractivity contribution in [3.8, 4) is 0 Å². The quantitative estimate of drug-likeness (QED) is 0.387. The number of amides is 1. The monoisotopic (exact) mass is 424 g/mol. The molecule has 2 aromatic rings. The lowest BCUT2D eigenvalue weighted by molar-refractivity contribution is -0.384. The Morgan fingerprint density at radius 2 is 1.90 bits per heavy atom. The van der Waals surface area contributed by atoms with Gasteiger partial charge in [-0.05, 0) is 73.5 Å². The molecule has 0 aromatic heterocycles. The van der Waals surface area contributed by atoms with Crippen LogP contribution < -0.4 is 4.90 Å². The number of hydrogen-bond donors (Lipinski definition) is 0. The van der Waals surface area contributed by atoms with Gasteiger partial charge in [-0.25, -0.2) is 4.99 Å². The van der Waals surface area contributed by atoms with Crippen LogP contribution in [-0.4, -0.2) is 41.5 Å². The van der Waals surface area contributed by atoms with Crippen molar-refractivity contribution < 1.29 is 9.72 Å². The molecule has 156 valence electrons. The standard InChI is InChI=1S/C22H24N4O3S/c1-6-25-21(27)20(30-22(25)23-17-9-7-14(2)15(3)11-17)13-16-8-10-18(24(4)5)19(12-16)26(28)29/h7-13H,6H2,1-5H3/b20-13-,23-22?. The van der Waals surface area contributed by atoms with Crippen molar-refractivity contribution in [3.05, 3.63) is 68.1 Å². The number of rotatable bonds is 5. The highest BCUT2D eigenvalue weighted by atomic mass is 32.2. The summed E-state index contributed by atoms with van der Waals surface area (Å²) in [6.07, 6.45) is 1.69. The zero-order valence-electron chi connectivity index (χ0n) is 17.7. The molecular formula is C22H24N4O3S. The molecule has 7 nitrogen and oxygen atoms in total. The molecule has 1 fully saturated rings. The van der Waals surface area contributed by atoms with Crippen molar-refractivity contribution in [2.75, 3.05) is 25.5 Å². The Morgan fingerprint density at radius 3 is 2.50 bits per heavy atom. The molecule has 0 radical (unpaired) electrons. The fraction of sp³-hybridized carbons (Fsp3) is 0.273. The molecule has 0 aliphatic carbocycles. The molecular weight excluding hydrogens is 400 g/mol. The number of hydrogen-bond acceptors (Lipinski definition) is 6. The third kappa shape index (κ3) is 4.38. The fourth-order valence-corrected chi connectivity index (χ4v) is 4.14. The van der Waals surface area contributed by atoms with E-state index in [-0.39, 0.29) is 11.6 Å². The second-order valence-electron chi connectivity index (χ2n) is 7.22. The van der Waals surface area contributed by atoms with E-state index in [2.05, 4.69) is 4.99 Å². The van der Waals surface area contributed by atoms with Gasteiger partial charge >= 0.3 is 0 Å². The van der Waals surface area contributed by atoms with Crippen molar-refractivity contribution in [2.24, 2.45) is 4.99 Å². The summed E-state index contributed by atoms with van der Waals surface area (Å²) >= 11 is 1.28. The van der Waals surface area contributed by atoms with E-state index in [1.54, 1.807) is 42.1 Å². The number of benzene rings is 2. The summed E-state index contributed by atoms with van der Waals surface area (Å²) in [6, 6.07) is 10.9. The number of aryl methyl sites for hydroxylation is 2. The van der Waals surface area contributed by atoms with Crippen LogP contribution in [-0.2, 0) is 4.79 Å². The normalized spacial score (nSPS) is 16.6. The SMILES string of the molecule is CCN1C(=O)/C(=C/c2ccc(N(C)C)c([N+](=O)[O-])c2)SC1=Nc1ccc(C)c(C)c1. The third-order valence-electron chi connectivity index (χ3n) is 4.90. The van der Waals surface area contributed by atoms with Crippen LogP contribution >= 0.6 is 11.8 Å². The predicted molar refractivity (Wildman–Crippen MR) is 123 cm³/mol. The third-order valence-corrected chi connectivity index (χ3v) is 5.90. The Bertz CT molecular complexity index is 1080. The lowest BCUT2D eigenvalue weighted by atomic mass is 10.1. The highest BCUT2D eigenvalue weighted by Crippen LogP contribution is 2.35. The number of nitro benzene ring substituents is 1. The van der Waals surface area contributed by atoms with Gasteiger partial charge in [-0.15, -0.1) is 0 Å². The number of carbonyl (C=O) groups excluding carboxylic acids is 1. The van der Waals surface area contributed by atoms with Crippen LogP contribution in [0.4, 0.5) is 17.1 Å². The molecule has 0 N–H and O–H groups in total. The maximum atomic E-state index is 12.9. The molecule has 0 saturated carbocycles. The minimum atomic E-state index is -0.411. The van der Waals surface area contributed by atoms with E-state index in [1.807, 2.05) is 39.0 Å². The average molecular weight is 425 g/mol. The molecule has 30 heavy (non-hydrogen) atoms. The van der Waals surface area contributed by atoms with Gasteiger partial charge in [-0.3, -0.25) is 19.8 Å². The second kappa shape index (κ2) is 8.71. The number of aliphatic imine (C=N–C) groups is 1. The second-order valence-corrected chi connectivity index (χ2v) is 8.23. The zero-order chi connectivity index (χ0) is 22.0. The molecule has 1 aliphatic rings. The number of nitrogens with zero attached hydrogens (tertiary/aromatic N) is 4. The molecule has 0 spiro atoms. The van der Waals surface area contributed by atoms with E-state index >= 15 is 0 Å². The number of thioether (sulfide) groups is 1. The zero-order valence-corrected chi connectivity index (χ0v) is 18.5. The summed E-state index contributed by atoms with van der Waals surface area (Å²) in [6.45, 7) is 6.46. The number of anilines is 1. The summed E-state index contributed by atoms with van der Waals surface area (Å²) in [7, 11) is 3.51. The van der Waals surface area contributed by atoms with Crippen molar-refractivity contribution in [3.63, 3.8) is 0 Å². The first-order chi connectivity index (χ1) is 14.2. The Labute approximate surface area is 180 Å². The topological polar surface area (TPSA) is 79.0 Å². The summed E-state index contributed by atoms with van der Waals surface area (Å²) in [5.41, 5.74) is 4.23. The molecule has 2 aromatic carbocycles. The Hall–Kier alpha value is -3.13. The maximum Gasteiger partial charge on any atom is 0.293 e. The fourth-order valence-electron chi connectivity index (χ4n) is 3.08. The van der Waals surface area contributed by atoms with Gasteiger partial charge in [0.2, 0.25) is 0 Å². The van der Waals surface area contributed by atoms with Crippen molar-refractivity contribution in [1.82, 2.24) is 4.90 Å². The van der Waals surface area contributed by atoms with E-state index in [0.717, 1.165) is 11.3 Å². The minimum Gasteiger partial charge on any atom is -0.372 e. The van der Waals surface area contributed by atoms with Crippen LogP contribution in [0.5, 0.6) is 0 Å². The highest BCUT2D eigenvalue weighted by molar-refractivity contribution is 8.18. The van der Waals surface area contributed by atoms with E-state index in [1.165, 1.54) is 23.4 Å². The molecule has 0 bridgehead atoms. The van der Waals surface area contributed by atoms with Gasteiger partial charge in [0.25, 0.3) is 11.6 Å². The van der Waals surface area contributed by atoms with E-state index in [4.69, 9.17) is 0 Å². The van der Waals surface area contributed by atoms with Gasteiger partial charge in [0, 0.05) is 26.7 Å². The number of carbonyl (C=O) groups is 1. The van der Waals surface area contributed by atoms with Crippen LogP contribution in [0.1, 0.15) is 23.6 Å². The largest absolute Gasteiger partial charge is 0.372 e. The molecule has 1 heterocycles. The Balaban J connectivity index is 1.97. The minimum absolute atomic E-state index is 0.00108. The molecule has 8 heteroatoms. The van der Waals surface area contributed by atoms with Gasteiger partial charge in [0.1, 0.15) is 5.69 Å². The van der Waals surface area contributed by atoms with E-state index in [9.17, 15) is 14.9 Å². The maximum absolute atomic E-state index is 12.9. The smallest absolute Gasteiger partial charge is 0.293 e. The number of likely N-dealkylation sites (N-methyl/N-ethyl adjacent to an activating group) is 1. The van der Waals surface area contributed by atoms with Crippen LogP contribution in [0.15, 0.2) is 46.3 Å². The first kappa shape index (κ1) is 21.6. The molecule has 0 atom stereocenters. The summed E-state index contributed by atoms with van der Waals surface area (Å²) < 4.78 is 0. The van der Waals surface area contributed by atoms with Gasteiger partial charge in [-0.1, -0.05) is 12.1 Å². The van der Waals surface area contributed by atoms with Crippen LogP contribution in [0.25, 0.3) is 6.08 Å². The lowest BCUT2D eigenvalue weighted by Gasteiger charge is -2.13. The van der Waals surface area contributed by atoms with Gasteiger partial charge in [-0.2, -0.15) is 0 Å². The van der Waals surface area contributed by atoms with Crippen molar-refractivity contribution in [2.45, 2.75) is 20.8 Å². The Kier molecular flexibility index (Phi) is 6.26. The van der Waals surface area contributed by atoms with Crippen LogP contribution in [0.2, 0.25) is 0 Å². The van der Waals surface area contributed by atoms with Gasteiger partial charge < -0.3 is 4.90 Å². The first-order valence-corrected chi connectivity index (χ1v) is 10.4. The average Bonchev–Trinajstić information content (AvgIpc) is 2.98. The predicted octanol–water partition coefficient (Wildman–Crippen LogP) is 4.90. The summed E-state index contributed by atoms with van der Waals surface area (Å²) in [4.78, 5) is 32.4. The molecule has 1 amide bonds. The molecule has 1 aliphatic heterocycles. The van der Waals surface area contributed by atoms with Gasteiger partial charge in [0.05, 0.1) is 15.5 Å². The van der Waals surface area contributed by atoms with Crippen LogP contribution in [0, 0.1) is 24.0 Å². The molecule has 0 unspecified atom stereocenters. The first-order valence-electron chi connectivity index (χ1n) is 9.54.